The first-order valence-electron chi connectivity index (χ1n) is 18.3. The summed E-state index contributed by atoms with van der Waals surface area (Å²) in [5, 5.41) is 7.34. The zero-order valence-corrected chi connectivity index (χ0v) is 34.5. The molecule has 286 valence electrons. The third-order valence-corrected chi connectivity index (χ3v) is 8.43. The number of amidine groups is 1. The smallest absolute Gasteiger partial charge is 0.148 e. The van der Waals surface area contributed by atoms with Crippen molar-refractivity contribution in [1.82, 2.24) is 15.6 Å². The molecule has 1 aliphatic carbocycles. The molecule has 0 spiro atoms. The minimum atomic E-state index is -0.274. The van der Waals surface area contributed by atoms with Gasteiger partial charge < -0.3 is 21.1 Å². The van der Waals surface area contributed by atoms with Gasteiger partial charge in [-0.05, 0) is 106 Å². The van der Waals surface area contributed by atoms with E-state index in [9.17, 15) is 4.39 Å². The van der Waals surface area contributed by atoms with Crippen molar-refractivity contribution in [2.24, 2.45) is 10.7 Å². The first-order valence-corrected chi connectivity index (χ1v) is 19.1. The number of halogens is 3. The standard InChI is InChI=1S/C23H23Cl2FN2O.C15H20N2.C2H3N.2C2H6/c1-4-29-23-14(2)11-20(18(13-27-3)15-7-5-8-16(26)12-15)28-22(23)17-9-6-10-19(24)21(17)25;1-4-5-15-16-10-14(9-13-6-7-13)8-11(2)12(3)17-15;1-2-3;2*1-2/h5-12,18,27H,4,13H2,1-3H3;8-10H,3-7H2,1-2H3,(H,16,17);1H,3H2;2*1-2H3/b;11-8-,14-10+;;;. The fourth-order valence-electron chi connectivity index (χ4n) is 5.11. The summed E-state index contributed by atoms with van der Waals surface area (Å²) >= 11 is 12.7. The van der Waals surface area contributed by atoms with Crippen molar-refractivity contribution in [3.05, 3.63) is 129 Å². The van der Waals surface area contributed by atoms with Gasteiger partial charge in [-0.1, -0.05) is 107 Å². The lowest BCUT2D eigenvalue weighted by Crippen LogP contribution is -2.23. The van der Waals surface area contributed by atoms with Gasteiger partial charge >= 0.3 is 0 Å². The number of benzene rings is 2. The average molecular weight is 763 g/mol. The monoisotopic (exact) mass is 761 g/mol. The lowest BCUT2D eigenvalue weighted by atomic mass is 9.93. The maximum atomic E-state index is 13.9. The third kappa shape index (κ3) is 15.3. The van der Waals surface area contributed by atoms with Gasteiger partial charge in [-0.15, -0.1) is 0 Å². The Bertz CT molecular complexity index is 1780. The summed E-state index contributed by atoms with van der Waals surface area (Å²) in [6.45, 7) is 21.3. The number of nitrogens with one attached hydrogen (secondary N) is 2. The van der Waals surface area contributed by atoms with E-state index in [4.69, 9.17) is 32.9 Å². The molecule has 1 unspecified atom stereocenters. The summed E-state index contributed by atoms with van der Waals surface area (Å²) in [6.07, 6.45) is 15.3. The first-order chi connectivity index (χ1) is 25.6. The number of rotatable bonds is 10. The second-order valence-electron chi connectivity index (χ2n) is 11.6. The molecule has 2 aliphatic rings. The Hall–Kier alpha value is -4.35. The van der Waals surface area contributed by atoms with Crippen LogP contribution in [-0.4, -0.2) is 31.0 Å². The fraction of sp³-hybridized carbons (Fsp3) is 0.364. The Morgan fingerprint density at radius 3 is 2.34 bits per heavy atom. The van der Waals surface area contributed by atoms with Crippen molar-refractivity contribution in [3.8, 4) is 29.5 Å². The number of nitrogens with zero attached hydrogens (tertiary/aromatic N) is 2. The highest BCUT2D eigenvalue weighted by Crippen LogP contribution is 2.40. The molecule has 1 atom stereocenters. The predicted molar refractivity (Wildman–Crippen MR) is 227 cm³/mol. The SMILES string of the molecule is C#CN.C=C1NC(CCC)=N/C=C(C=C2CC2)\C=C/1C.CC.CC.CCOc1c(C)cc(C(CNC)c2cccc(F)c2)nc1-c1cccc(Cl)c1Cl. The summed E-state index contributed by atoms with van der Waals surface area (Å²) < 4.78 is 19.8. The van der Waals surface area contributed by atoms with Crippen LogP contribution >= 0.6 is 23.2 Å². The molecule has 4 N–H and O–H groups in total. The molecule has 0 amide bonds. The van der Waals surface area contributed by atoms with Crippen LogP contribution in [0.25, 0.3) is 11.3 Å². The zero-order valence-electron chi connectivity index (χ0n) is 33.0. The van der Waals surface area contributed by atoms with E-state index in [-0.39, 0.29) is 11.7 Å². The number of nitrogens with two attached hydrogens (primary N) is 1. The van der Waals surface area contributed by atoms with E-state index in [1.807, 2.05) is 79.1 Å². The number of aryl methyl sites for hydroxylation is 1. The third-order valence-electron chi connectivity index (χ3n) is 7.61. The van der Waals surface area contributed by atoms with Gasteiger partial charge in [0.25, 0.3) is 0 Å². The molecule has 53 heavy (non-hydrogen) atoms. The Morgan fingerprint density at radius 1 is 1.09 bits per heavy atom. The van der Waals surface area contributed by atoms with Gasteiger partial charge in [0, 0.05) is 36.3 Å². The Morgan fingerprint density at radius 2 is 1.75 bits per heavy atom. The first kappa shape index (κ1) is 46.7. The van der Waals surface area contributed by atoms with Gasteiger partial charge in [0.1, 0.15) is 23.1 Å². The second-order valence-corrected chi connectivity index (χ2v) is 12.4. The van der Waals surface area contributed by atoms with Crippen LogP contribution in [0.2, 0.25) is 10.0 Å². The number of likely N-dealkylation sites (N-methyl/N-ethyl adjacent to an activating group) is 1. The highest BCUT2D eigenvalue weighted by atomic mass is 35.5. The van der Waals surface area contributed by atoms with Crippen LogP contribution in [0.3, 0.4) is 0 Å². The van der Waals surface area contributed by atoms with Gasteiger partial charge in [0.05, 0.1) is 22.3 Å². The van der Waals surface area contributed by atoms with Gasteiger partial charge in [0.15, 0.2) is 0 Å². The molecule has 9 heteroatoms. The molecule has 5 rings (SSSR count). The number of aromatic nitrogens is 1. The van der Waals surface area contributed by atoms with E-state index in [1.165, 1.54) is 35.6 Å². The molecule has 1 saturated carbocycles. The molecule has 3 aromatic rings. The Labute approximate surface area is 328 Å². The molecule has 0 saturated heterocycles. The second kappa shape index (κ2) is 25.6. The van der Waals surface area contributed by atoms with E-state index in [2.05, 4.69) is 60.4 Å². The topological polar surface area (TPSA) is 84.6 Å². The van der Waals surface area contributed by atoms with E-state index in [0.29, 0.717) is 40.2 Å². The van der Waals surface area contributed by atoms with Crippen LogP contribution in [0.5, 0.6) is 5.75 Å². The number of hydrogen-bond donors (Lipinski definition) is 3. The van der Waals surface area contributed by atoms with Crippen LogP contribution in [0.1, 0.15) is 96.9 Å². The number of hydrogen-bond acceptors (Lipinski definition) is 6. The summed E-state index contributed by atoms with van der Waals surface area (Å²) in [5.74, 6) is 1.27. The summed E-state index contributed by atoms with van der Waals surface area (Å²) in [6, 6.07) is 15.8. The molecule has 1 fully saturated rings. The summed E-state index contributed by atoms with van der Waals surface area (Å²) in [4.78, 5) is 9.43. The molecule has 1 aromatic heterocycles. The van der Waals surface area contributed by atoms with E-state index < -0.39 is 0 Å². The number of aliphatic imine (C=N–C) groups is 1. The van der Waals surface area contributed by atoms with Crippen LogP contribution in [-0.2, 0) is 0 Å². The van der Waals surface area contributed by atoms with Crippen molar-refractivity contribution in [2.45, 2.75) is 87.0 Å². The van der Waals surface area contributed by atoms with Gasteiger partial charge in [-0.2, -0.15) is 0 Å². The van der Waals surface area contributed by atoms with Crippen LogP contribution in [0.4, 0.5) is 4.39 Å². The number of pyridine rings is 1. The quantitative estimate of drug-likeness (QED) is 0.141. The lowest BCUT2D eigenvalue weighted by molar-refractivity contribution is 0.337. The highest BCUT2D eigenvalue weighted by molar-refractivity contribution is 6.43. The van der Waals surface area contributed by atoms with E-state index in [0.717, 1.165) is 41.2 Å². The molecule has 0 radical (unpaired) electrons. The molecule has 6 nitrogen and oxygen atoms in total. The summed E-state index contributed by atoms with van der Waals surface area (Å²) in [7, 11) is 1.86. The number of terminal acetylenes is 1. The maximum Gasteiger partial charge on any atom is 0.148 e. The van der Waals surface area contributed by atoms with Gasteiger partial charge in [0.2, 0.25) is 0 Å². The largest absolute Gasteiger partial charge is 0.491 e. The normalized spacial score (nSPS) is 15.2. The van der Waals surface area contributed by atoms with Gasteiger partial charge in [-0.3, -0.25) is 0 Å². The van der Waals surface area contributed by atoms with E-state index >= 15 is 0 Å². The molecule has 2 heterocycles. The molecule has 1 aliphatic heterocycles. The average Bonchev–Trinajstić information content (AvgIpc) is 3.97. The van der Waals surface area contributed by atoms with Crippen molar-refractivity contribution in [3.63, 3.8) is 0 Å². The number of allylic oxidation sites excluding steroid dienone is 5. The molecule has 2 aromatic carbocycles. The molecular formula is C44H58Cl2FN5O. The lowest BCUT2D eigenvalue weighted by Gasteiger charge is -2.21. The van der Waals surface area contributed by atoms with Crippen molar-refractivity contribution in [2.75, 3.05) is 20.2 Å². The van der Waals surface area contributed by atoms with Crippen molar-refractivity contribution >= 4 is 29.0 Å². The van der Waals surface area contributed by atoms with E-state index in [1.54, 1.807) is 24.2 Å². The Balaban J connectivity index is 0.000000496. The molecule has 0 bridgehead atoms. The molecular weight excluding hydrogens is 704 g/mol. The maximum absolute atomic E-state index is 13.9. The minimum Gasteiger partial charge on any atom is -0.491 e. The van der Waals surface area contributed by atoms with Crippen LogP contribution < -0.4 is 21.1 Å². The minimum absolute atomic E-state index is 0.137. The van der Waals surface area contributed by atoms with Crippen LogP contribution in [0, 0.1) is 25.2 Å². The van der Waals surface area contributed by atoms with Crippen molar-refractivity contribution in [1.29, 1.82) is 0 Å². The Kier molecular flexibility index (Phi) is 22.5. The predicted octanol–water partition coefficient (Wildman–Crippen LogP) is 11.7. The van der Waals surface area contributed by atoms with Gasteiger partial charge in [-0.25, -0.2) is 14.4 Å². The highest BCUT2D eigenvalue weighted by Gasteiger charge is 2.22. The van der Waals surface area contributed by atoms with Crippen molar-refractivity contribution < 1.29 is 9.13 Å². The van der Waals surface area contributed by atoms with Crippen LogP contribution in [0.15, 0.2) is 101 Å². The summed E-state index contributed by atoms with van der Waals surface area (Å²) in [5.41, 5.74) is 13.1. The fourth-order valence-corrected chi connectivity index (χ4v) is 5.50. The zero-order chi connectivity index (χ0) is 39.9. The number of ether oxygens (including phenoxy) is 1.